The fourth-order valence-electron chi connectivity index (χ4n) is 1.72. The summed E-state index contributed by atoms with van der Waals surface area (Å²) in [4.78, 5) is 0. The zero-order chi connectivity index (χ0) is 10.8. The fraction of sp³-hybridized carbons (Fsp3) is 0.455. The van der Waals surface area contributed by atoms with E-state index in [0.717, 1.165) is 22.9 Å². The molecule has 0 saturated carbocycles. The van der Waals surface area contributed by atoms with E-state index in [0.29, 0.717) is 5.25 Å². The standard InChI is InChI=1S/C11H14ClNOS/c1-7-6-13-11(15-7)10-8(12)4-3-5-9(10)14-2/h3-5,7,11,13H,6H2,1-2H3. The summed E-state index contributed by atoms with van der Waals surface area (Å²) in [7, 11) is 1.68. The summed E-state index contributed by atoms with van der Waals surface area (Å²) in [5.74, 6) is 0.863. The van der Waals surface area contributed by atoms with E-state index >= 15 is 0 Å². The van der Waals surface area contributed by atoms with Crippen LogP contribution in [0.15, 0.2) is 18.2 Å². The van der Waals surface area contributed by atoms with E-state index in [1.54, 1.807) is 7.11 Å². The smallest absolute Gasteiger partial charge is 0.125 e. The van der Waals surface area contributed by atoms with Gasteiger partial charge in [0.05, 0.1) is 12.5 Å². The molecule has 2 unspecified atom stereocenters. The van der Waals surface area contributed by atoms with Crippen molar-refractivity contribution in [3.8, 4) is 5.75 Å². The van der Waals surface area contributed by atoms with Gasteiger partial charge in [-0.2, -0.15) is 0 Å². The molecule has 1 N–H and O–H groups in total. The van der Waals surface area contributed by atoms with Crippen LogP contribution in [0, 0.1) is 0 Å². The van der Waals surface area contributed by atoms with Crippen molar-refractivity contribution >= 4 is 23.4 Å². The summed E-state index contributed by atoms with van der Waals surface area (Å²) in [5, 5.41) is 5.08. The maximum Gasteiger partial charge on any atom is 0.125 e. The summed E-state index contributed by atoms with van der Waals surface area (Å²) < 4.78 is 5.34. The molecular weight excluding hydrogens is 230 g/mol. The Balaban J connectivity index is 2.33. The van der Waals surface area contributed by atoms with Gasteiger partial charge in [-0.1, -0.05) is 24.6 Å². The van der Waals surface area contributed by atoms with E-state index in [-0.39, 0.29) is 5.37 Å². The molecule has 2 rings (SSSR count). The van der Waals surface area contributed by atoms with Crippen LogP contribution in [0.1, 0.15) is 17.9 Å². The predicted molar refractivity (Wildman–Crippen MR) is 65.8 cm³/mol. The summed E-state index contributed by atoms with van der Waals surface area (Å²) in [6, 6.07) is 5.77. The lowest BCUT2D eigenvalue weighted by Gasteiger charge is -2.16. The number of nitrogens with one attached hydrogen (secondary N) is 1. The van der Waals surface area contributed by atoms with Crippen LogP contribution >= 0.6 is 23.4 Å². The molecule has 1 aromatic carbocycles. The number of rotatable bonds is 2. The first-order valence-electron chi connectivity index (χ1n) is 4.93. The number of halogens is 1. The normalized spacial score (nSPS) is 25.5. The molecule has 1 saturated heterocycles. The Morgan fingerprint density at radius 3 is 2.93 bits per heavy atom. The van der Waals surface area contributed by atoms with Crippen molar-refractivity contribution in [3.05, 3.63) is 28.8 Å². The molecular formula is C11H14ClNOS. The largest absolute Gasteiger partial charge is 0.496 e. The lowest BCUT2D eigenvalue weighted by atomic mass is 10.2. The van der Waals surface area contributed by atoms with E-state index in [9.17, 15) is 0 Å². The topological polar surface area (TPSA) is 21.3 Å². The highest BCUT2D eigenvalue weighted by Crippen LogP contribution is 2.42. The number of methoxy groups -OCH3 is 1. The first-order valence-corrected chi connectivity index (χ1v) is 6.25. The van der Waals surface area contributed by atoms with Crippen LogP contribution < -0.4 is 10.1 Å². The van der Waals surface area contributed by atoms with E-state index in [2.05, 4.69) is 12.2 Å². The molecule has 1 fully saturated rings. The molecule has 15 heavy (non-hydrogen) atoms. The average molecular weight is 244 g/mol. The maximum absolute atomic E-state index is 6.20. The van der Waals surface area contributed by atoms with Gasteiger partial charge in [-0.25, -0.2) is 0 Å². The van der Waals surface area contributed by atoms with Crippen LogP contribution in [0.5, 0.6) is 5.75 Å². The second kappa shape index (κ2) is 4.64. The monoisotopic (exact) mass is 243 g/mol. The second-order valence-electron chi connectivity index (χ2n) is 3.59. The summed E-state index contributed by atoms with van der Waals surface area (Å²) in [6.07, 6.45) is 0. The zero-order valence-electron chi connectivity index (χ0n) is 8.79. The third-order valence-electron chi connectivity index (χ3n) is 2.45. The molecule has 1 heterocycles. The first-order chi connectivity index (χ1) is 7.22. The van der Waals surface area contributed by atoms with Crippen LogP contribution in [-0.4, -0.2) is 18.9 Å². The van der Waals surface area contributed by atoms with Crippen molar-refractivity contribution in [2.45, 2.75) is 17.5 Å². The number of thioether (sulfide) groups is 1. The van der Waals surface area contributed by atoms with Gasteiger partial charge in [0.1, 0.15) is 5.75 Å². The van der Waals surface area contributed by atoms with Gasteiger partial charge in [0.15, 0.2) is 0 Å². The lowest BCUT2D eigenvalue weighted by molar-refractivity contribution is 0.408. The summed E-state index contributed by atoms with van der Waals surface area (Å²) in [6.45, 7) is 3.23. The average Bonchev–Trinajstić information content (AvgIpc) is 2.64. The van der Waals surface area contributed by atoms with E-state index < -0.39 is 0 Å². The van der Waals surface area contributed by atoms with Crippen molar-refractivity contribution in [2.75, 3.05) is 13.7 Å². The summed E-state index contributed by atoms with van der Waals surface area (Å²) >= 11 is 8.09. The molecule has 82 valence electrons. The fourth-order valence-corrected chi connectivity index (χ4v) is 3.29. The molecule has 1 aliphatic rings. The number of benzene rings is 1. The first kappa shape index (κ1) is 11.1. The van der Waals surface area contributed by atoms with Crippen LogP contribution in [0.3, 0.4) is 0 Å². The van der Waals surface area contributed by atoms with Crippen molar-refractivity contribution < 1.29 is 4.74 Å². The van der Waals surface area contributed by atoms with Gasteiger partial charge in [0, 0.05) is 22.4 Å². The van der Waals surface area contributed by atoms with Crippen LogP contribution in [0.25, 0.3) is 0 Å². The minimum absolute atomic E-state index is 0.253. The Bertz CT molecular complexity index is 358. The molecule has 4 heteroatoms. The highest BCUT2D eigenvalue weighted by atomic mass is 35.5. The Hall–Kier alpha value is -0.380. The van der Waals surface area contributed by atoms with Crippen molar-refractivity contribution in [2.24, 2.45) is 0 Å². The van der Waals surface area contributed by atoms with E-state index in [4.69, 9.17) is 16.3 Å². The number of hydrogen-bond acceptors (Lipinski definition) is 3. The van der Waals surface area contributed by atoms with Gasteiger partial charge in [0.25, 0.3) is 0 Å². The molecule has 2 atom stereocenters. The Morgan fingerprint density at radius 2 is 2.33 bits per heavy atom. The highest BCUT2D eigenvalue weighted by Gasteiger charge is 2.26. The number of ether oxygens (including phenoxy) is 1. The van der Waals surface area contributed by atoms with Crippen LogP contribution in [0.2, 0.25) is 5.02 Å². The highest BCUT2D eigenvalue weighted by molar-refractivity contribution is 8.00. The van der Waals surface area contributed by atoms with Crippen molar-refractivity contribution in [1.82, 2.24) is 5.32 Å². The van der Waals surface area contributed by atoms with E-state index in [1.807, 2.05) is 30.0 Å². The van der Waals surface area contributed by atoms with Gasteiger partial charge < -0.3 is 10.1 Å². The summed E-state index contributed by atoms with van der Waals surface area (Å²) in [5.41, 5.74) is 1.07. The quantitative estimate of drug-likeness (QED) is 0.863. The van der Waals surface area contributed by atoms with Gasteiger partial charge >= 0.3 is 0 Å². The molecule has 0 aromatic heterocycles. The molecule has 0 spiro atoms. The second-order valence-corrected chi connectivity index (χ2v) is 5.55. The zero-order valence-corrected chi connectivity index (χ0v) is 10.4. The van der Waals surface area contributed by atoms with Crippen LogP contribution in [-0.2, 0) is 0 Å². The van der Waals surface area contributed by atoms with Gasteiger partial charge in [-0.05, 0) is 12.1 Å². The molecule has 0 bridgehead atoms. The van der Waals surface area contributed by atoms with Crippen molar-refractivity contribution in [3.63, 3.8) is 0 Å². The Morgan fingerprint density at radius 1 is 1.53 bits per heavy atom. The molecule has 0 amide bonds. The third kappa shape index (κ3) is 2.25. The molecule has 0 radical (unpaired) electrons. The third-order valence-corrected chi connectivity index (χ3v) is 4.09. The van der Waals surface area contributed by atoms with E-state index in [1.165, 1.54) is 0 Å². The molecule has 2 nitrogen and oxygen atoms in total. The van der Waals surface area contributed by atoms with Gasteiger partial charge in [-0.3, -0.25) is 0 Å². The van der Waals surface area contributed by atoms with Gasteiger partial charge in [-0.15, -0.1) is 11.8 Å². The molecule has 1 aliphatic heterocycles. The van der Waals surface area contributed by atoms with Crippen LogP contribution in [0.4, 0.5) is 0 Å². The minimum atomic E-state index is 0.253. The lowest BCUT2D eigenvalue weighted by Crippen LogP contribution is -2.14. The number of hydrogen-bond donors (Lipinski definition) is 1. The predicted octanol–water partition coefficient (Wildman–Crippen LogP) is 3.07. The molecule has 1 aromatic rings. The molecule has 0 aliphatic carbocycles. The van der Waals surface area contributed by atoms with Gasteiger partial charge in [0.2, 0.25) is 0 Å². The minimum Gasteiger partial charge on any atom is -0.496 e. The Kier molecular flexibility index (Phi) is 3.44. The van der Waals surface area contributed by atoms with Crippen molar-refractivity contribution in [1.29, 1.82) is 0 Å². The SMILES string of the molecule is COc1cccc(Cl)c1C1NCC(C)S1. The maximum atomic E-state index is 6.20. The Labute approximate surface area is 99.3 Å².